The summed E-state index contributed by atoms with van der Waals surface area (Å²) in [6.07, 6.45) is -3.11. The zero-order valence-corrected chi connectivity index (χ0v) is 13.4. The largest absolute Gasteiger partial charge is 0.416 e. The normalized spacial score (nSPS) is 14.6. The van der Waals surface area contributed by atoms with Crippen LogP contribution in [0.2, 0.25) is 0 Å². The minimum Gasteiger partial charge on any atom is -0.391 e. The van der Waals surface area contributed by atoms with E-state index in [1.165, 1.54) is 6.07 Å². The van der Waals surface area contributed by atoms with E-state index in [1.54, 1.807) is 0 Å². The number of alkyl halides is 3. The van der Waals surface area contributed by atoms with Crippen LogP contribution in [0.4, 0.5) is 13.2 Å². The molecule has 1 aromatic rings. The van der Waals surface area contributed by atoms with Gasteiger partial charge in [-0.1, -0.05) is 35.7 Å². The molecule has 0 saturated carbocycles. The molecule has 3 N–H and O–H groups in total. The summed E-state index contributed by atoms with van der Waals surface area (Å²) in [6.45, 7) is 1.97. The number of benzene rings is 1. The topological polar surface area (TPSA) is 46.2 Å². The summed E-state index contributed by atoms with van der Waals surface area (Å²) in [5, 5.41) is 9.89. The fourth-order valence-corrected chi connectivity index (χ4v) is 2.29. The quantitative estimate of drug-likeness (QED) is 0.798. The maximum Gasteiger partial charge on any atom is 0.416 e. The maximum absolute atomic E-state index is 12.6. The molecule has 0 saturated heterocycles. The molecule has 0 unspecified atom stereocenters. The van der Waals surface area contributed by atoms with Gasteiger partial charge in [0.2, 0.25) is 0 Å². The number of unbranched alkanes of at least 4 members (excludes halogenated alkanes) is 1. The van der Waals surface area contributed by atoms with E-state index >= 15 is 0 Å². The van der Waals surface area contributed by atoms with Crippen LogP contribution < -0.4 is 5.73 Å². The number of halogens is 5. The number of nitrogens with two attached hydrogens (primary N) is 1. The molecule has 0 amide bonds. The Kier molecular flexibility index (Phi) is 8.09. The summed E-state index contributed by atoms with van der Waals surface area (Å²) in [4.78, 5) is 0. The molecular weight excluding hydrogens is 358 g/mol. The highest BCUT2D eigenvalue weighted by atomic mass is 79.9. The summed E-state index contributed by atoms with van der Waals surface area (Å²) >= 11 is 3.18. The minimum atomic E-state index is -4.41. The van der Waals surface area contributed by atoms with Crippen molar-refractivity contribution in [3.05, 3.63) is 33.8 Å². The van der Waals surface area contributed by atoms with Crippen LogP contribution >= 0.6 is 28.3 Å². The minimum absolute atomic E-state index is 0. The third-order valence-electron chi connectivity index (χ3n) is 2.95. The second-order valence-electron chi connectivity index (χ2n) is 4.47. The van der Waals surface area contributed by atoms with Crippen LogP contribution in [-0.4, -0.2) is 11.2 Å². The number of hydrogen-bond acceptors (Lipinski definition) is 2. The standard InChI is InChI=1S/C13H17BrF3NO.ClH/c1-2-3-4-11(19)12(18)9-7-8(13(15,16)17)5-6-10(9)14;/h5-7,11-12,19H,2-4,18H2,1H3;1H/t11-,12+;/m1./s1. The van der Waals surface area contributed by atoms with Crippen LogP contribution in [0.1, 0.15) is 43.4 Å². The molecule has 0 aromatic heterocycles. The van der Waals surface area contributed by atoms with E-state index < -0.39 is 23.9 Å². The van der Waals surface area contributed by atoms with Gasteiger partial charge in [-0.2, -0.15) is 13.2 Å². The molecule has 2 atom stereocenters. The van der Waals surface area contributed by atoms with Crippen LogP contribution in [0.15, 0.2) is 22.7 Å². The predicted octanol–water partition coefficient (Wildman–Crippen LogP) is 4.44. The summed E-state index contributed by atoms with van der Waals surface area (Å²) in [7, 11) is 0. The van der Waals surface area contributed by atoms with Crippen molar-refractivity contribution < 1.29 is 18.3 Å². The van der Waals surface area contributed by atoms with E-state index in [0.29, 0.717) is 10.9 Å². The number of rotatable bonds is 5. The second kappa shape index (κ2) is 8.22. The lowest BCUT2D eigenvalue weighted by Gasteiger charge is -2.21. The van der Waals surface area contributed by atoms with Gasteiger partial charge in [-0.3, -0.25) is 0 Å². The molecule has 0 heterocycles. The van der Waals surface area contributed by atoms with Crippen molar-refractivity contribution in [3.8, 4) is 0 Å². The molecular formula is C13H18BrClF3NO. The molecule has 7 heteroatoms. The second-order valence-corrected chi connectivity index (χ2v) is 5.32. The van der Waals surface area contributed by atoms with Crippen molar-refractivity contribution in [1.29, 1.82) is 0 Å². The fraction of sp³-hybridized carbons (Fsp3) is 0.538. The lowest BCUT2D eigenvalue weighted by Crippen LogP contribution is -2.27. The Morgan fingerprint density at radius 1 is 1.35 bits per heavy atom. The van der Waals surface area contributed by atoms with Crippen molar-refractivity contribution in [2.24, 2.45) is 5.73 Å². The molecule has 0 bridgehead atoms. The van der Waals surface area contributed by atoms with Gasteiger partial charge < -0.3 is 10.8 Å². The third kappa shape index (κ3) is 5.24. The molecule has 0 aliphatic carbocycles. The SMILES string of the molecule is CCCC[C@@H](O)[C@@H](N)c1cc(C(F)(F)F)ccc1Br.Cl. The number of hydrogen-bond donors (Lipinski definition) is 2. The zero-order chi connectivity index (χ0) is 14.6. The summed E-state index contributed by atoms with van der Waals surface area (Å²) < 4.78 is 38.4. The molecule has 20 heavy (non-hydrogen) atoms. The van der Waals surface area contributed by atoms with Crippen LogP contribution in [0.3, 0.4) is 0 Å². The number of aliphatic hydroxyl groups excluding tert-OH is 1. The van der Waals surface area contributed by atoms with Gasteiger partial charge in [0.1, 0.15) is 0 Å². The van der Waals surface area contributed by atoms with Crippen LogP contribution in [0.25, 0.3) is 0 Å². The Hall–Kier alpha value is -0.300. The molecule has 0 radical (unpaired) electrons. The first-order chi connectivity index (χ1) is 8.77. The highest BCUT2D eigenvalue weighted by Crippen LogP contribution is 2.34. The van der Waals surface area contributed by atoms with Gasteiger partial charge in [0.05, 0.1) is 17.7 Å². The first-order valence-corrected chi connectivity index (χ1v) is 6.87. The van der Waals surface area contributed by atoms with Gasteiger partial charge in [-0.05, 0) is 30.2 Å². The predicted molar refractivity (Wildman–Crippen MR) is 78.9 cm³/mol. The smallest absolute Gasteiger partial charge is 0.391 e. The van der Waals surface area contributed by atoms with E-state index in [1.807, 2.05) is 6.92 Å². The Morgan fingerprint density at radius 2 is 1.95 bits per heavy atom. The van der Waals surface area contributed by atoms with Crippen molar-refractivity contribution in [3.63, 3.8) is 0 Å². The first-order valence-electron chi connectivity index (χ1n) is 6.07. The molecule has 2 nitrogen and oxygen atoms in total. The maximum atomic E-state index is 12.6. The molecule has 0 aliphatic rings. The van der Waals surface area contributed by atoms with E-state index in [0.717, 1.165) is 25.0 Å². The Bertz CT molecular complexity index is 429. The third-order valence-corrected chi connectivity index (χ3v) is 3.67. The van der Waals surface area contributed by atoms with Gasteiger partial charge >= 0.3 is 6.18 Å². The van der Waals surface area contributed by atoms with Gasteiger partial charge in [0.25, 0.3) is 0 Å². The van der Waals surface area contributed by atoms with E-state index in [-0.39, 0.29) is 18.0 Å². The van der Waals surface area contributed by atoms with Gasteiger partial charge in [-0.15, -0.1) is 12.4 Å². The molecule has 0 spiro atoms. The van der Waals surface area contributed by atoms with Gasteiger partial charge in [-0.25, -0.2) is 0 Å². The molecule has 116 valence electrons. The van der Waals surface area contributed by atoms with Crippen LogP contribution in [-0.2, 0) is 6.18 Å². The summed E-state index contributed by atoms with van der Waals surface area (Å²) in [5.74, 6) is 0. The average molecular weight is 377 g/mol. The van der Waals surface area contributed by atoms with Crippen molar-refractivity contribution >= 4 is 28.3 Å². The molecule has 1 aromatic carbocycles. The monoisotopic (exact) mass is 375 g/mol. The Morgan fingerprint density at radius 3 is 2.45 bits per heavy atom. The van der Waals surface area contributed by atoms with Crippen molar-refractivity contribution in [2.45, 2.75) is 44.5 Å². The number of aliphatic hydroxyl groups is 1. The first kappa shape index (κ1) is 19.7. The molecule has 0 aliphatic heterocycles. The van der Waals surface area contributed by atoms with E-state index in [4.69, 9.17) is 5.73 Å². The summed E-state index contributed by atoms with van der Waals surface area (Å²) in [6, 6.07) is 2.45. The fourth-order valence-electron chi connectivity index (χ4n) is 1.78. The van der Waals surface area contributed by atoms with Crippen molar-refractivity contribution in [2.75, 3.05) is 0 Å². The highest BCUT2D eigenvalue weighted by Gasteiger charge is 2.32. The van der Waals surface area contributed by atoms with Crippen LogP contribution in [0, 0.1) is 0 Å². The van der Waals surface area contributed by atoms with Gasteiger partial charge in [0, 0.05) is 4.47 Å². The highest BCUT2D eigenvalue weighted by molar-refractivity contribution is 9.10. The zero-order valence-electron chi connectivity index (χ0n) is 11.0. The Balaban J connectivity index is 0.00000361. The molecule has 0 fully saturated rings. The lowest BCUT2D eigenvalue weighted by atomic mass is 9.97. The van der Waals surface area contributed by atoms with Gasteiger partial charge in [0.15, 0.2) is 0 Å². The van der Waals surface area contributed by atoms with Crippen LogP contribution in [0.5, 0.6) is 0 Å². The average Bonchev–Trinajstić information content (AvgIpc) is 2.34. The van der Waals surface area contributed by atoms with Crippen molar-refractivity contribution in [1.82, 2.24) is 0 Å². The summed E-state index contributed by atoms with van der Waals surface area (Å²) in [5.41, 5.74) is 5.36. The van der Waals surface area contributed by atoms with E-state index in [2.05, 4.69) is 15.9 Å². The Labute approximate surface area is 131 Å². The van der Waals surface area contributed by atoms with E-state index in [9.17, 15) is 18.3 Å². The molecule has 1 rings (SSSR count). The lowest BCUT2D eigenvalue weighted by molar-refractivity contribution is -0.137.